The summed E-state index contributed by atoms with van der Waals surface area (Å²) in [6.07, 6.45) is 11.4. The van der Waals surface area contributed by atoms with Crippen molar-refractivity contribution in [3.63, 3.8) is 0 Å². The first-order valence-corrected chi connectivity index (χ1v) is 47.4. The zero-order valence-electron chi connectivity index (χ0n) is 93.5. The van der Waals surface area contributed by atoms with E-state index in [4.69, 9.17) is 0 Å². The fraction of sp³-hybridized carbons (Fsp3) is 0.610. The molecule has 0 aliphatic rings. The topological polar surface area (TPSA) is 103 Å². The molecule has 132 heavy (non-hydrogen) atoms. The molecule has 9 rings (SSSR count). The minimum atomic E-state index is -0.509. The van der Waals surface area contributed by atoms with Gasteiger partial charge in [-0.15, -0.1) is 0 Å². The predicted octanol–water partition coefficient (Wildman–Crippen LogP) is 34.5. The van der Waals surface area contributed by atoms with E-state index in [0.717, 1.165) is 51.0 Å². The number of rotatable bonds is 0. The molecule has 0 aliphatic heterocycles. The lowest BCUT2D eigenvalue weighted by atomic mass is 9.81. The summed E-state index contributed by atoms with van der Waals surface area (Å²) in [5.74, 6) is -0.914. The molecule has 0 spiro atoms. The van der Waals surface area contributed by atoms with Crippen molar-refractivity contribution < 1.29 is 26.3 Å². The molecule has 0 bridgehead atoms. The Bertz CT molecular complexity index is 4330. The van der Waals surface area contributed by atoms with E-state index in [-0.39, 0.29) is 121 Å². The van der Waals surface area contributed by atoms with Crippen molar-refractivity contribution in [3.05, 3.63) is 270 Å². The summed E-state index contributed by atoms with van der Waals surface area (Å²) in [5, 5.41) is 8.53. The monoisotopic (exact) mass is 1830 g/mol. The lowest BCUT2D eigenvalue weighted by Crippen LogP contribution is -2.19. The van der Waals surface area contributed by atoms with Gasteiger partial charge < -0.3 is 0 Å². The minimum Gasteiger partial charge on any atom is -0.260 e. The first-order valence-electron chi connectivity index (χ1n) is 47.4. The second-order valence-electron chi connectivity index (χ2n) is 54.3. The van der Waals surface area contributed by atoms with Crippen LogP contribution in [0.3, 0.4) is 0 Å². The van der Waals surface area contributed by atoms with Crippen molar-refractivity contribution in [1.29, 1.82) is 0 Å². The van der Waals surface area contributed by atoms with Crippen molar-refractivity contribution in [2.45, 2.75) is 471 Å². The highest BCUT2D eigenvalue weighted by molar-refractivity contribution is 5.38. The molecule has 0 atom stereocenters. The van der Waals surface area contributed by atoms with Gasteiger partial charge in [-0.25, -0.2) is 36.3 Å². The Balaban J connectivity index is 0.000000743. The van der Waals surface area contributed by atoms with Crippen LogP contribution in [0.25, 0.3) is 0 Å². The van der Waals surface area contributed by atoms with Crippen LogP contribution in [-0.4, -0.2) is 40.1 Å². The van der Waals surface area contributed by atoms with Crippen molar-refractivity contribution in [1.82, 2.24) is 40.1 Å². The standard InChI is InChI=1S/2C14H20F2.C14H21F.C14H22.C13H20FN.C13H21N.3C12H20N2/c1-13(2,3)9-7-12(16)10(8-11(9)15)14(4,5)6;1-13(2,3)9-7-10(15)12(11(16)8-9)14(4,5)6;1-13(2,3)10-7-8-11(12(15)9-10)14(4,5)6;1-13(2,3)11-7-9-12(10-8-11)14(4,5)6;1-12(2,3)9-7-10(14)11(15-8-9)13(4,5)6;1-12(2,3)10-7-8-11(14-9-10)13(4,5)6;1-11(2,3)9-7-14-10(8-13-9)12(4,5)6;1-11(2,3)9-7-13-10(14-8-9)12(4,5)6;1-11(2,3)9-7-8-10(14-13-9)12(4,5)6/h2*7-8H,1-6H3;7-9H,1-6H3;7-10H,1-6H3;7-8H,1-6H3;7-9H,1-6H3;3*7-8H,1-6H3. The summed E-state index contributed by atoms with van der Waals surface area (Å²) in [5.41, 5.74) is 15.2. The Morgan fingerprint density at radius 3 is 0.652 bits per heavy atom. The van der Waals surface area contributed by atoms with E-state index in [1.165, 1.54) is 46.5 Å². The van der Waals surface area contributed by atoms with Gasteiger partial charge in [-0.2, -0.15) is 10.2 Å². The van der Waals surface area contributed by atoms with Crippen LogP contribution >= 0.6 is 0 Å². The number of aromatic nitrogens is 8. The second kappa shape index (κ2) is 44.9. The van der Waals surface area contributed by atoms with Gasteiger partial charge in [-0.1, -0.05) is 416 Å². The zero-order valence-corrected chi connectivity index (χ0v) is 93.5. The van der Waals surface area contributed by atoms with Gasteiger partial charge in [0.1, 0.15) is 40.7 Å². The summed E-state index contributed by atoms with van der Waals surface area (Å²) in [4.78, 5) is 26.5. The molecular weight excluding hydrogens is 1640 g/mol. The Morgan fingerprint density at radius 1 is 0.159 bits per heavy atom. The van der Waals surface area contributed by atoms with Crippen LogP contribution in [0, 0.1) is 34.9 Å². The van der Waals surface area contributed by atoms with E-state index in [2.05, 4.69) is 338 Å². The molecule has 0 N–H and O–H groups in total. The van der Waals surface area contributed by atoms with E-state index >= 15 is 0 Å². The van der Waals surface area contributed by atoms with Gasteiger partial charge in [-0.05, 0) is 170 Å². The molecule has 5 heterocycles. The smallest absolute Gasteiger partial charge is 0.145 e. The Hall–Kier alpha value is -8.00. The normalized spacial score (nSPS) is 13.0. The van der Waals surface area contributed by atoms with Crippen LogP contribution in [0.5, 0.6) is 0 Å². The summed E-state index contributed by atoms with van der Waals surface area (Å²) >= 11 is 0. The third-order valence-corrected chi connectivity index (χ3v) is 22.0. The molecule has 0 saturated heterocycles. The van der Waals surface area contributed by atoms with Gasteiger partial charge in [0.05, 0.1) is 28.5 Å². The number of benzene rings is 4. The molecule has 0 fully saturated rings. The summed E-state index contributed by atoms with van der Waals surface area (Å²) < 4.78 is 83.3. The van der Waals surface area contributed by atoms with Gasteiger partial charge in [0.15, 0.2) is 0 Å². The highest BCUT2D eigenvalue weighted by Gasteiger charge is 2.32. The average molecular weight is 1830 g/mol. The highest BCUT2D eigenvalue weighted by Crippen LogP contribution is 2.38. The number of nitrogens with zero attached hydrogens (tertiary/aromatic N) is 8. The molecular formula is C118H184F6N8. The molecule has 9 aromatic rings. The maximum atomic E-state index is 13.9. The Labute approximate surface area is 803 Å². The third-order valence-electron chi connectivity index (χ3n) is 22.0. The van der Waals surface area contributed by atoms with Crippen LogP contribution in [0.1, 0.15) is 475 Å². The Kier molecular flexibility index (Phi) is 41.5. The first kappa shape index (κ1) is 122. The molecule has 0 unspecified atom stereocenters. The summed E-state index contributed by atoms with van der Waals surface area (Å²) in [6, 6.07) is 30.3. The van der Waals surface area contributed by atoms with Crippen LogP contribution in [0.4, 0.5) is 26.3 Å². The third kappa shape index (κ3) is 41.3. The molecule has 14 heteroatoms. The average Bonchev–Trinajstić information content (AvgIpc) is 0.794. The van der Waals surface area contributed by atoms with E-state index < -0.39 is 17.0 Å². The zero-order chi connectivity index (χ0) is 104. The molecule has 0 amide bonds. The van der Waals surface area contributed by atoms with Crippen LogP contribution < -0.4 is 0 Å². The summed E-state index contributed by atoms with van der Waals surface area (Å²) in [7, 11) is 0. The maximum absolute atomic E-state index is 13.9. The SMILES string of the molecule is CC(C)(C)c1cc(F)c(C(C)(C)C)c(F)c1.CC(C)(C)c1cc(F)c(C(C)(C)C)cc1F.CC(C)(C)c1ccc(C(C)(C)C)c(F)c1.CC(C)(C)c1ccc(C(C)(C)C)cc1.CC(C)(C)c1ccc(C(C)(C)C)nc1.CC(C)(C)c1ccc(C(C)(C)C)nn1.CC(C)(C)c1cnc(C(C)(C)C)c(F)c1.CC(C)(C)c1cnc(C(C)(C)C)cn1.CC(C)(C)c1cnc(C(C)(C)C)nc1. The maximum Gasteiger partial charge on any atom is 0.145 e. The van der Waals surface area contributed by atoms with Crippen molar-refractivity contribution >= 4 is 0 Å². The molecule has 0 radical (unpaired) electrons. The quantitative estimate of drug-likeness (QED) is 0.138. The molecule has 8 nitrogen and oxygen atoms in total. The molecule has 0 saturated carbocycles. The molecule has 738 valence electrons. The number of halogens is 6. The van der Waals surface area contributed by atoms with Gasteiger partial charge in [0.2, 0.25) is 0 Å². The number of hydrogen-bond acceptors (Lipinski definition) is 8. The van der Waals surface area contributed by atoms with Crippen LogP contribution in [0.2, 0.25) is 0 Å². The fourth-order valence-corrected chi connectivity index (χ4v) is 12.5. The van der Waals surface area contributed by atoms with Crippen molar-refractivity contribution in [2.24, 2.45) is 0 Å². The van der Waals surface area contributed by atoms with Gasteiger partial charge in [0, 0.05) is 86.3 Å². The van der Waals surface area contributed by atoms with Crippen molar-refractivity contribution in [2.75, 3.05) is 0 Å². The van der Waals surface area contributed by atoms with E-state index in [0.29, 0.717) is 22.4 Å². The fourth-order valence-electron chi connectivity index (χ4n) is 12.5. The summed E-state index contributed by atoms with van der Waals surface area (Å²) in [6.45, 7) is 112. The first-order chi connectivity index (χ1) is 58.4. The van der Waals surface area contributed by atoms with Gasteiger partial charge in [0.25, 0.3) is 0 Å². The minimum absolute atomic E-state index is 0.0112. The highest BCUT2D eigenvalue weighted by atomic mass is 19.2. The largest absolute Gasteiger partial charge is 0.260 e. The number of pyridine rings is 2. The predicted molar refractivity (Wildman–Crippen MR) is 557 cm³/mol. The molecule has 5 aromatic heterocycles. The molecule has 0 aliphatic carbocycles. The van der Waals surface area contributed by atoms with E-state index in [1.54, 1.807) is 18.3 Å². The van der Waals surface area contributed by atoms with Crippen molar-refractivity contribution in [3.8, 4) is 0 Å². The van der Waals surface area contributed by atoms with Gasteiger partial charge >= 0.3 is 0 Å². The lowest BCUT2D eigenvalue weighted by Gasteiger charge is -2.24. The van der Waals surface area contributed by atoms with Crippen LogP contribution in [0.15, 0.2) is 134 Å². The van der Waals surface area contributed by atoms with Crippen LogP contribution in [-0.2, 0) is 97.5 Å². The number of hydrogen-bond donors (Lipinski definition) is 0. The van der Waals surface area contributed by atoms with E-state index in [9.17, 15) is 26.3 Å². The Morgan fingerprint density at radius 2 is 0.417 bits per heavy atom. The molecule has 4 aromatic carbocycles. The van der Waals surface area contributed by atoms with Gasteiger partial charge in [-0.3, -0.25) is 19.9 Å². The second-order valence-corrected chi connectivity index (χ2v) is 54.3. The van der Waals surface area contributed by atoms with E-state index in [1.807, 2.05) is 168 Å². The lowest BCUT2D eigenvalue weighted by molar-refractivity contribution is 0.466.